The molecule has 0 saturated heterocycles. The molecule has 7 heteroatoms. The Morgan fingerprint density at radius 2 is 0.905 bits per heavy atom. The first-order chi connectivity index (χ1) is 9.85. The Labute approximate surface area is 154 Å². The van der Waals surface area contributed by atoms with E-state index in [4.69, 9.17) is 4.74 Å². The van der Waals surface area contributed by atoms with E-state index in [0.717, 1.165) is 0 Å². The molecule has 0 aliphatic rings. The molecule has 2 aromatic rings. The van der Waals surface area contributed by atoms with Crippen LogP contribution in [0.3, 0.4) is 0 Å². The van der Waals surface area contributed by atoms with E-state index < -0.39 is 11.9 Å². The number of hydrogen-bond acceptors (Lipinski definition) is 3. The Kier molecular flexibility index (Phi) is 5.76. The molecule has 0 bridgehead atoms. The molecule has 3 nitrogen and oxygen atoms in total. The molecule has 108 valence electrons. The second-order valence-corrected chi connectivity index (χ2v) is 7.66. The fraction of sp³-hybridized carbons (Fsp3) is 0. The molecule has 0 aliphatic heterocycles. The van der Waals surface area contributed by atoms with Crippen molar-refractivity contribution >= 4 is 75.7 Å². The predicted molar refractivity (Wildman–Crippen MR) is 93.4 cm³/mol. The highest BCUT2D eigenvalue weighted by Gasteiger charge is 2.16. The number of carbonyl (C=O) groups is 2. The first kappa shape index (κ1) is 16.9. The zero-order chi connectivity index (χ0) is 15.6. The van der Waals surface area contributed by atoms with Crippen molar-refractivity contribution in [1.29, 1.82) is 0 Å². The third kappa shape index (κ3) is 4.74. The number of hydrogen-bond donors (Lipinski definition) is 0. The van der Waals surface area contributed by atoms with E-state index in [-0.39, 0.29) is 11.1 Å². The van der Waals surface area contributed by atoms with E-state index in [1.807, 2.05) is 0 Å². The van der Waals surface area contributed by atoms with Crippen LogP contribution < -0.4 is 0 Å². The van der Waals surface area contributed by atoms with Crippen molar-refractivity contribution in [2.24, 2.45) is 0 Å². The van der Waals surface area contributed by atoms with Crippen molar-refractivity contribution in [2.45, 2.75) is 0 Å². The number of benzene rings is 2. The first-order valence-corrected chi connectivity index (χ1v) is 8.71. The van der Waals surface area contributed by atoms with Crippen LogP contribution in [-0.2, 0) is 4.74 Å². The summed E-state index contributed by atoms with van der Waals surface area (Å²) in [6.07, 6.45) is 0. The lowest BCUT2D eigenvalue weighted by Crippen LogP contribution is -2.13. The lowest BCUT2D eigenvalue weighted by atomic mass is 10.2. The van der Waals surface area contributed by atoms with Crippen LogP contribution in [0.25, 0.3) is 0 Å². The molecule has 0 unspecified atom stereocenters. The lowest BCUT2D eigenvalue weighted by molar-refractivity contribution is 0.0397. The number of carbonyl (C=O) groups excluding carboxylic acids is 2. The third-order valence-corrected chi connectivity index (χ3v) is 4.21. The monoisotopic (exact) mass is 538 g/mol. The zero-order valence-electron chi connectivity index (χ0n) is 10.2. The van der Waals surface area contributed by atoms with Gasteiger partial charge in [0.15, 0.2) is 0 Å². The summed E-state index contributed by atoms with van der Waals surface area (Å²) < 4.78 is 7.72. The lowest BCUT2D eigenvalue weighted by Gasteiger charge is -2.05. The maximum Gasteiger partial charge on any atom is 0.346 e. The topological polar surface area (TPSA) is 43.4 Å². The van der Waals surface area contributed by atoms with E-state index in [2.05, 4.69) is 63.7 Å². The van der Waals surface area contributed by atoms with E-state index in [1.165, 1.54) is 0 Å². The van der Waals surface area contributed by atoms with Gasteiger partial charge in [0.2, 0.25) is 0 Å². The molecule has 0 atom stereocenters. The Hall–Kier alpha value is -0.500. The average Bonchev–Trinajstić information content (AvgIpc) is 2.36. The molecule has 0 aliphatic carbocycles. The fourth-order valence-electron chi connectivity index (χ4n) is 1.55. The Bertz CT molecular complexity index is 626. The van der Waals surface area contributed by atoms with Crippen molar-refractivity contribution in [2.75, 3.05) is 0 Å². The Morgan fingerprint density at radius 1 is 0.619 bits per heavy atom. The van der Waals surface area contributed by atoms with Crippen molar-refractivity contribution in [1.82, 2.24) is 0 Å². The molecule has 0 aromatic heterocycles. The molecular weight excluding hydrogens is 536 g/mol. The second kappa shape index (κ2) is 7.17. The molecular formula is C14H6Br4O3. The molecule has 0 saturated carbocycles. The third-order valence-electron chi connectivity index (χ3n) is 2.38. The van der Waals surface area contributed by atoms with Gasteiger partial charge in [0.1, 0.15) is 0 Å². The number of esters is 2. The van der Waals surface area contributed by atoms with E-state index in [1.54, 1.807) is 36.4 Å². The highest BCUT2D eigenvalue weighted by Crippen LogP contribution is 2.23. The quantitative estimate of drug-likeness (QED) is 0.360. The van der Waals surface area contributed by atoms with Crippen LogP contribution >= 0.6 is 63.7 Å². The minimum atomic E-state index is -0.710. The van der Waals surface area contributed by atoms with Crippen molar-refractivity contribution < 1.29 is 14.3 Å². The van der Waals surface area contributed by atoms with Gasteiger partial charge < -0.3 is 4.74 Å². The molecule has 2 rings (SSSR count). The number of rotatable bonds is 2. The van der Waals surface area contributed by atoms with Crippen molar-refractivity contribution in [3.8, 4) is 0 Å². The van der Waals surface area contributed by atoms with E-state index in [0.29, 0.717) is 17.9 Å². The molecule has 0 amide bonds. The summed E-state index contributed by atoms with van der Waals surface area (Å²) in [5, 5.41) is 0. The largest absolute Gasteiger partial charge is 0.386 e. The molecule has 0 heterocycles. The molecule has 0 spiro atoms. The van der Waals surface area contributed by atoms with Gasteiger partial charge in [-0.2, -0.15) is 0 Å². The van der Waals surface area contributed by atoms with Gasteiger partial charge in [-0.25, -0.2) is 9.59 Å². The summed E-state index contributed by atoms with van der Waals surface area (Å²) in [5.41, 5.74) is 0.553. The van der Waals surface area contributed by atoms with Gasteiger partial charge in [-0.05, 0) is 36.4 Å². The summed E-state index contributed by atoms with van der Waals surface area (Å²) in [7, 11) is 0. The van der Waals surface area contributed by atoms with Gasteiger partial charge in [0, 0.05) is 17.9 Å². The maximum absolute atomic E-state index is 12.0. The number of halogens is 4. The van der Waals surface area contributed by atoms with Crippen LogP contribution in [0.15, 0.2) is 54.3 Å². The van der Waals surface area contributed by atoms with Crippen molar-refractivity contribution in [3.63, 3.8) is 0 Å². The van der Waals surface area contributed by atoms with Crippen LogP contribution in [0.4, 0.5) is 0 Å². The van der Waals surface area contributed by atoms with Gasteiger partial charge in [-0.3, -0.25) is 0 Å². The summed E-state index contributed by atoms with van der Waals surface area (Å²) in [5.74, 6) is -1.42. The van der Waals surface area contributed by atoms with Gasteiger partial charge in [0.25, 0.3) is 0 Å². The van der Waals surface area contributed by atoms with Gasteiger partial charge >= 0.3 is 11.9 Å². The highest BCUT2D eigenvalue weighted by molar-refractivity contribution is 9.11. The van der Waals surface area contributed by atoms with Crippen LogP contribution in [0, 0.1) is 0 Å². The normalized spacial score (nSPS) is 10.3. The fourth-order valence-corrected chi connectivity index (χ4v) is 4.13. The summed E-state index contributed by atoms with van der Waals surface area (Å²) >= 11 is 13.1. The number of ether oxygens (including phenoxy) is 1. The SMILES string of the molecule is O=C(OC(=O)c1cc(Br)cc(Br)c1)c1cc(Br)cc(Br)c1. The van der Waals surface area contributed by atoms with Crippen LogP contribution in [0.1, 0.15) is 20.7 Å². The van der Waals surface area contributed by atoms with Crippen LogP contribution in [-0.4, -0.2) is 11.9 Å². The summed E-state index contributed by atoms with van der Waals surface area (Å²) in [4.78, 5) is 24.0. The molecule has 0 radical (unpaired) electrons. The smallest absolute Gasteiger partial charge is 0.346 e. The van der Waals surface area contributed by atoms with Gasteiger partial charge in [-0.1, -0.05) is 63.7 Å². The average molecular weight is 542 g/mol. The molecule has 0 N–H and O–H groups in total. The highest BCUT2D eigenvalue weighted by atomic mass is 79.9. The first-order valence-electron chi connectivity index (χ1n) is 5.54. The van der Waals surface area contributed by atoms with Gasteiger partial charge in [0.05, 0.1) is 11.1 Å². The minimum absolute atomic E-state index is 0.277. The summed E-state index contributed by atoms with van der Waals surface area (Å²) in [6.45, 7) is 0. The van der Waals surface area contributed by atoms with Crippen molar-refractivity contribution in [3.05, 3.63) is 65.4 Å². The van der Waals surface area contributed by atoms with Crippen LogP contribution in [0.2, 0.25) is 0 Å². The molecule has 2 aromatic carbocycles. The molecule has 0 fully saturated rings. The zero-order valence-corrected chi connectivity index (χ0v) is 16.5. The van der Waals surface area contributed by atoms with E-state index in [9.17, 15) is 9.59 Å². The standard InChI is InChI=1S/C14H6Br4O3/c15-9-1-7(2-10(16)5-9)13(19)21-14(20)8-3-11(17)6-12(18)4-8/h1-6H. The minimum Gasteiger partial charge on any atom is -0.386 e. The Morgan fingerprint density at radius 3 is 1.19 bits per heavy atom. The molecule has 21 heavy (non-hydrogen) atoms. The van der Waals surface area contributed by atoms with Crippen LogP contribution in [0.5, 0.6) is 0 Å². The summed E-state index contributed by atoms with van der Waals surface area (Å²) in [6, 6.07) is 9.89. The second-order valence-electron chi connectivity index (χ2n) is 3.99. The maximum atomic E-state index is 12.0. The predicted octanol–water partition coefficient (Wildman–Crippen LogP) is 5.73. The van der Waals surface area contributed by atoms with Gasteiger partial charge in [-0.15, -0.1) is 0 Å². The van der Waals surface area contributed by atoms with E-state index >= 15 is 0 Å². The Balaban J connectivity index is 2.20.